The van der Waals surface area contributed by atoms with Crippen molar-refractivity contribution >= 4 is 27.9 Å². The molecule has 4 aromatic rings. The third-order valence-corrected chi connectivity index (χ3v) is 3.98. The van der Waals surface area contributed by atoms with Crippen LogP contribution in [-0.2, 0) is 0 Å². The monoisotopic (exact) mass is 306 g/mol. The molecule has 0 aliphatic heterocycles. The van der Waals surface area contributed by atoms with Crippen molar-refractivity contribution in [1.29, 1.82) is 0 Å². The van der Waals surface area contributed by atoms with Crippen molar-refractivity contribution in [2.45, 2.75) is 0 Å². The van der Waals surface area contributed by atoms with E-state index in [0.717, 1.165) is 16.3 Å². The van der Waals surface area contributed by atoms with Crippen molar-refractivity contribution in [1.82, 2.24) is 9.38 Å². The SMILES string of the molecule is O=c1c(-c2ccccn2)c2ccc(Cl)cc2c2ccccn12. The smallest absolute Gasteiger partial charge is 0.265 e. The van der Waals surface area contributed by atoms with Gasteiger partial charge in [-0.3, -0.25) is 14.2 Å². The van der Waals surface area contributed by atoms with E-state index in [9.17, 15) is 4.79 Å². The van der Waals surface area contributed by atoms with Gasteiger partial charge in [-0.15, -0.1) is 0 Å². The average molecular weight is 307 g/mol. The van der Waals surface area contributed by atoms with Crippen LogP contribution in [0, 0.1) is 0 Å². The minimum absolute atomic E-state index is 0.0795. The highest BCUT2D eigenvalue weighted by Gasteiger charge is 2.14. The zero-order valence-electron chi connectivity index (χ0n) is 11.5. The van der Waals surface area contributed by atoms with Gasteiger partial charge in [0.25, 0.3) is 5.56 Å². The molecule has 0 amide bonds. The Morgan fingerprint density at radius 3 is 2.64 bits per heavy atom. The van der Waals surface area contributed by atoms with Crippen LogP contribution in [0.1, 0.15) is 0 Å². The van der Waals surface area contributed by atoms with Gasteiger partial charge in [0.15, 0.2) is 0 Å². The summed E-state index contributed by atoms with van der Waals surface area (Å²) in [5, 5.41) is 2.44. The third kappa shape index (κ3) is 1.90. The highest BCUT2D eigenvalue weighted by atomic mass is 35.5. The molecule has 0 N–H and O–H groups in total. The van der Waals surface area contributed by atoms with Crippen LogP contribution in [0.2, 0.25) is 5.02 Å². The van der Waals surface area contributed by atoms with E-state index in [-0.39, 0.29) is 5.56 Å². The lowest BCUT2D eigenvalue weighted by molar-refractivity contribution is 1.11. The van der Waals surface area contributed by atoms with E-state index < -0.39 is 0 Å². The van der Waals surface area contributed by atoms with Gasteiger partial charge in [-0.25, -0.2) is 0 Å². The van der Waals surface area contributed by atoms with Crippen molar-refractivity contribution in [3.8, 4) is 11.3 Å². The molecule has 1 aromatic carbocycles. The Morgan fingerprint density at radius 2 is 1.82 bits per heavy atom. The van der Waals surface area contributed by atoms with E-state index >= 15 is 0 Å². The second kappa shape index (κ2) is 4.97. The molecular formula is C18H11ClN2O. The Labute approximate surface area is 131 Å². The topological polar surface area (TPSA) is 34.4 Å². The molecule has 0 aliphatic carbocycles. The minimum Gasteiger partial charge on any atom is -0.283 e. The summed E-state index contributed by atoms with van der Waals surface area (Å²) < 4.78 is 1.64. The third-order valence-electron chi connectivity index (χ3n) is 3.74. The first-order valence-corrected chi connectivity index (χ1v) is 7.27. The molecule has 0 atom stereocenters. The van der Waals surface area contributed by atoms with Crippen molar-refractivity contribution in [2.24, 2.45) is 0 Å². The molecule has 3 nitrogen and oxygen atoms in total. The molecule has 0 bridgehead atoms. The quantitative estimate of drug-likeness (QED) is 0.495. The van der Waals surface area contributed by atoms with Crippen LogP contribution in [0.4, 0.5) is 0 Å². The van der Waals surface area contributed by atoms with E-state index in [1.807, 2.05) is 48.5 Å². The van der Waals surface area contributed by atoms with E-state index in [0.29, 0.717) is 16.3 Å². The van der Waals surface area contributed by atoms with Crippen molar-refractivity contribution in [3.05, 3.63) is 82.4 Å². The fourth-order valence-corrected chi connectivity index (χ4v) is 2.95. The van der Waals surface area contributed by atoms with Gasteiger partial charge in [-0.05, 0) is 41.8 Å². The van der Waals surface area contributed by atoms with Crippen LogP contribution < -0.4 is 5.56 Å². The molecule has 4 heteroatoms. The number of hydrogen-bond donors (Lipinski definition) is 0. The Balaban J connectivity index is 2.29. The zero-order chi connectivity index (χ0) is 15.1. The maximum Gasteiger partial charge on any atom is 0.265 e. The molecular weight excluding hydrogens is 296 g/mol. The lowest BCUT2D eigenvalue weighted by Gasteiger charge is -2.11. The lowest BCUT2D eigenvalue weighted by atomic mass is 10.0. The van der Waals surface area contributed by atoms with Crippen LogP contribution in [0.15, 0.2) is 71.8 Å². The standard InChI is InChI=1S/C18H11ClN2O/c19-12-7-8-13-14(11-12)16-6-2-4-10-21(16)18(22)17(13)15-5-1-3-9-20-15/h1-11H. The number of rotatable bonds is 1. The maximum atomic E-state index is 12.9. The Kier molecular flexibility index (Phi) is 2.94. The van der Waals surface area contributed by atoms with Gasteiger partial charge < -0.3 is 0 Å². The molecule has 0 unspecified atom stereocenters. The van der Waals surface area contributed by atoms with Gasteiger partial charge in [0.2, 0.25) is 0 Å². The first-order valence-electron chi connectivity index (χ1n) is 6.90. The van der Waals surface area contributed by atoms with E-state index in [2.05, 4.69) is 4.98 Å². The average Bonchev–Trinajstić information content (AvgIpc) is 2.57. The predicted octanol–water partition coefficient (Wildman–Crippen LogP) is 4.17. The molecule has 0 saturated carbocycles. The summed E-state index contributed by atoms with van der Waals surface area (Å²) in [5.74, 6) is 0. The number of nitrogens with zero attached hydrogens (tertiary/aromatic N) is 2. The zero-order valence-corrected chi connectivity index (χ0v) is 12.3. The Hall–Kier alpha value is -2.65. The van der Waals surface area contributed by atoms with E-state index in [4.69, 9.17) is 11.6 Å². The molecule has 0 radical (unpaired) electrons. The number of fused-ring (bicyclic) bond motifs is 3. The van der Waals surface area contributed by atoms with Crippen LogP contribution in [0.25, 0.3) is 27.5 Å². The van der Waals surface area contributed by atoms with Crippen molar-refractivity contribution < 1.29 is 0 Å². The number of pyridine rings is 3. The minimum atomic E-state index is -0.0795. The van der Waals surface area contributed by atoms with Gasteiger partial charge >= 0.3 is 0 Å². The molecule has 3 heterocycles. The largest absolute Gasteiger partial charge is 0.283 e. The maximum absolute atomic E-state index is 12.9. The number of aromatic nitrogens is 2. The van der Waals surface area contributed by atoms with E-state index in [1.54, 1.807) is 22.9 Å². The van der Waals surface area contributed by atoms with Gasteiger partial charge in [0.05, 0.1) is 16.8 Å². The first kappa shape index (κ1) is 13.0. The predicted molar refractivity (Wildman–Crippen MR) is 89.4 cm³/mol. The normalized spacial score (nSPS) is 11.1. The van der Waals surface area contributed by atoms with Gasteiger partial charge in [-0.2, -0.15) is 0 Å². The molecule has 0 saturated heterocycles. The fraction of sp³-hybridized carbons (Fsp3) is 0. The summed E-state index contributed by atoms with van der Waals surface area (Å²) in [6.07, 6.45) is 3.46. The second-order valence-corrected chi connectivity index (χ2v) is 5.48. The molecule has 22 heavy (non-hydrogen) atoms. The lowest BCUT2D eigenvalue weighted by Crippen LogP contribution is -2.16. The Morgan fingerprint density at radius 1 is 0.955 bits per heavy atom. The summed E-state index contributed by atoms with van der Waals surface area (Å²) in [4.78, 5) is 17.3. The molecule has 106 valence electrons. The van der Waals surface area contributed by atoms with Gasteiger partial charge in [0.1, 0.15) is 0 Å². The van der Waals surface area contributed by atoms with Crippen molar-refractivity contribution in [2.75, 3.05) is 0 Å². The molecule has 0 spiro atoms. The first-order chi connectivity index (χ1) is 10.8. The summed E-state index contributed by atoms with van der Waals surface area (Å²) in [5.41, 5.74) is 2.02. The van der Waals surface area contributed by atoms with Crippen LogP contribution in [-0.4, -0.2) is 9.38 Å². The fourth-order valence-electron chi connectivity index (χ4n) is 2.78. The van der Waals surface area contributed by atoms with Gasteiger partial charge in [0, 0.05) is 22.8 Å². The van der Waals surface area contributed by atoms with E-state index in [1.165, 1.54) is 0 Å². The molecule has 4 rings (SSSR count). The van der Waals surface area contributed by atoms with Crippen LogP contribution in [0.3, 0.4) is 0 Å². The van der Waals surface area contributed by atoms with Crippen LogP contribution in [0.5, 0.6) is 0 Å². The number of hydrogen-bond acceptors (Lipinski definition) is 2. The molecule has 3 aromatic heterocycles. The molecule has 0 aliphatic rings. The molecule has 0 fully saturated rings. The summed E-state index contributed by atoms with van der Waals surface area (Å²) in [6.45, 7) is 0. The highest BCUT2D eigenvalue weighted by Crippen LogP contribution is 2.29. The Bertz CT molecular complexity index is 1060. The second-order valence-electron chi connectivity index (χ2n) is 5.04. The summed E-state index contributed by atoms with van der Waals surface area (Å²) in [7, 11) is 0. The number of benzene rings is 1. The van der Waals surface area contributed by atoms with Crippen molar-refractivity contribution in [3.63, 3.8) is 0 Å². The van der Waals surface area contributed by atoms with Gasteiger partial charge in [-0.1, -0.05) is 29.8 Å². The number of halogens is 1. The highest BCUT2D eigenvalue weighted by molar-refractivity contribution is 6.31. The summed E-state index contributed by atoms with van der Waals surface area (Å²) in [6, 6.07) is 16.8. The van der Waals surface area contributed by atoms with Crippen LogP contribution >= 0.6 is 11.6 Å². The summed E-state index contributed by atoms with van der Waals surface area (Å²) >= 11 is 6.15.